The van der Waals surface area contributed by atoms with Gasteiger partial charge in [0, 0.05) is 31.9 Å². The van der Waals surface area contributed by atoms with Crippen LogP contribution in [0, 0.1) is 5.82 Å². The summed E-state index contributed by atoms with van der Waals surface area (Å²) in [5, 5.41) is 2.72. The van der Waals surface area contributed by atoms with Crippen LogP contribution in [0.15, 0.2) is 24.3 Å². The molecule has 2 saturated heterocycles. The van der Waals surface area contributed by atoms with Gasteiger partial charge in [0.1, 0.15) is 5.82 Å². The fourth-order valence-electron chi connectivity index (χ4n) is 3.89. The zero-order valence-corrected chi connectivity index (χ0v) is 16.5. The first-order chi connectivity index (χ1) is 13.6. The molecule has 2 aliphatic heterocycles. The highest BCUT2D eigenvalue weighted by atomic mass is 19.1. The van der Waals surface area contributed by atoms with Gasteiger partial charge in [-0.15, -0.1) is 0 Å². The second kappa shape index (κ2) is 10.5. The number of amides is 2. The van der Waals surface area contributed by atoms with Gasteiger partial charge in [-0.3, -0.25) is 19.4 Å². The third-order valence-electron chi connectivity index (χ3n) is 5.51. The molecule has 154 valence electrons. The van der Waals surface area contributed by atoms with Crippen molar-refractivity contribution in [1.29, 1.82) is 0 Å². The molecule has 0 aromatic heterocycles. The van der Waals surface area contributed by atoms with E-state index in [9.17, 15) is 14.0 Å². The molecule has 0 atom stereocenters. The summed E-state index contributed by atoms with van der Waals surface area (Å²) in [6.45, 7) is 5.48. The number of hydrogen-bond donors (Lipinski definition) is 1. The Bertz CT molecular complexity index is 654. The zero-order valence-electron chi connectivity index (χ0n) is 16.5. The van der Waals surface area contributed by atoms with Gasteiger partial charge in [-0.25, -0.2) is 4.39 Å². The van der Waals surface area contributed by atoms with Crippen LogP contribution >= 0.6 is 0 Å². The van der Waals surface area contributed by atoms with Crippen molar-refractivity contribution in [2.75, 3.05) is 57.7 Å². The summed E-state index contributed by atoms with van der Waals surface area (Å²) in [6.07, 6.45) is 6.21. The molecule has 0 spiro atoms. The largest absolute Gasteiger partial charge is 0.339 e. The van der Waals surface area contributed by atoms with E-state index in [0.29, 0.717) is 38.4 Å². The average molecular weight is 391 g/mol. The summed E-state index contributed by atoms with van der Waals surface area (Å²) in [5.74, 6) is -0.333. The summed E-state index contributed by atoms with van der Waals surface area (Å²) in [6, 6.07) is 5.89. The van der Waals surface area contributed by atoms with Crippen LogP contribution in [0.2, 0.25) is 0 Å². The minimum absolute atomic E-state index is 0.161. The van der Waals surface area contributed by atoms with E-state index in [1.807, 2.05) is 9.80 Å². The molecule has 0 saturated carbocycles. The van der Waals surface area contributed by atoms with Crippen LogP contribution in [-0.2, 0) is 9.59 Å². The molecule has 2 fully saturated rings. The number of hydrogen-bond acceptors (Lipinski definition) is 4. The standard InChI is InChI=1S/C21H31FN4O2/c22-18-7-6-8-19(15-18)23-20(27)16-25-11-13-26(14-12-25)21(28)17-24-9-4-2-1-3-5-10-24/h6-8,15H,1-5,9-14,16-17H2,(H,23,27). The van der Waals surface area contributed by atoms with Crippen molar-refractivity contribution < 1.29 is 14.0 Å². The van der Waals surface area contributed by atoms with Gasteiger partial charge < -0.3 is 10.2 Å². The SMILES string of the molecule is O=C(CN1CCN(C(=O)CN2CCCCCCC2)CC1)Nc1cccc(F)c1. The molecule has 0 radical (unpaired) electrons. The second-order valence-corrected chi connectivity index (χ2v) is 7.76. The number of piperazine rings is 1. The number of halogens is 1. The molecule has 6 nitrogen and oxygen atoms in total. The van der Waals surface area contributed by atoms with Crippen LogP contribution in [0.4, 0.5) is 10.1 Å². The Morgan fingerprint density at radius 3 is 2.18 bits per heavy atom. The zero-order chi connectivity index (χ0) is 19.8. The summed E-state index contributed by atoms with van der Waals surface area (Å²) in [4.78, 5) is 31.0. The molecule has 0 bridgehead atoms. The lowest BCUT2D eigenvalue weighted by Gasteiger charge is -2.35. The number of carbonyl (C=O) groups is 2. The lowest BCUT2D eigenvalue weighted by molar-refractivity contribution is -0.134. The number of benzene rings is 1. The predicted octanol–water partition coefficient (Wildman–Crippen LogP) is 2.17. The monoisotopic (exact) mass is 390 g/mol. The van der Waals surface area contributed by atoms with Gasteiger partial charge in [0.15, 0.2) is 0 Å². The Morgan fingerprint density at radius 1 is 0.857 bits per heavy atom. The van der Waals surface area contributed by atoms with Crippen molar-refractivity contribution in [3.63, 3.8) is 0 Å². The van der Waals surface area contributed by atoms with Crippen molar-refractivity contribution in [3.8, 4) is 0 Å². The fourth-order valence-corrected chi connectivity index (χ4v) is 3.89. The molecule has 1 aromatic rings. The maximum atomic E-state index is 13.2. The maximum absolute atomic E-state index is 13.2. The first-order valence-electron chi connectivity index (χ1n) is 10.4. The van der Waals surface area contributed by atoms with E-state index >= 15 is 0 Å². The number of anilines is 1. The molecule has 7 heteroatoms. The first kappa shape index (κ1) is 20.7. The molecular weight excluding hydrogens is 359 g/mol. The Morgan fingerprint density at radius 2 is 1.50 bits per heavy atom. The third-order valence-corrected chi connectivity index (χ3v) is 5.51. The molecule has 1 aromatic carbocycles. The summed E-state index contributed by atoms with van der Waals surface area (Å²) >= 11 is 0. The van der Waals surface area contributed by atoms with Crippen LogP contribution in [0.5, 0.6) is 0 Å². The van der Waals surface area contributed by atoms with Crippen molar-refractivity contribution in [1.82, 2.24) is 14.7 Å². The smallest absolute Gasteiger partial charge is 0.238 e. The van der Waals surface area contributed by atoms with Gasteiger partial charge in [-0.05, 0) is 44.1 Å². The highest BCUT2D eigenvalue weighted by Crippen LogP contribution is 2.12. The predicted molar refractivity (Wildman–Crippen MR) is 108 cm³/mol. The van der Waals surface area contributed by atoms with Gasteiger partial charge in [-0.1, -0.05) is 25.3 Å². The number of nitrogens with zero attached hydrogens (tertiary/aromatic N) is 3. The number of likely N-dealkylation sites (tertiary alicyclic amines) is 1. The molecule has 2 amide bonds. The molecule has 2 aliphatic rings. The van der Waals surface area contributed by atoms with E-state index in [1.165, 1.54) is 44.2 Å². The van der Waals surface area contributed by atoms with Crippen LogP contribution in [0.3, 0.4) is 0 Å². The first-order valence-corrected chi connectivity index (χ1v) is 10.4. The van der Waals surface area contributed by atoms with Crippen LogP contribution < -0.4 is 5.32 Å². The fraction of sp³-hybridized carbons (Fsp3) is 0.619. The van der Waals surface area contributed by atoms with Gasteiger partial charge in [0.05, 0.1) is 13.1 Å². The Balaban J connectivity index is 1.38. The van der Waals surface area contributed by atoms with Crippen molar-refractivity contribution >= 4 is 17.5 Å². The van der Waals surface area contributed by atoms with E-state index in [1.54, 1.807) is 12.1 Å². The number of carbonyl (C=O) groups excluding carboxylic acids is 2. The quantitative estimate of drug-likeness (QED) is 0.837. The van der Waals surface area contributed by atoms with Crippen LogP contribution in [0.1, 0.15) is 32.1 Å². The third kappa shape index (κ3) is 6.56. The van der Waals surface area contributed by atoms with Crippen molar-refractivity contribution in [2.45, 2.75) is 32.1 Å². The van der Waals surface area contributed by atoms with Gasteiger partial charge in [0.25, 0.3) is 0 Å². The molecule has 1 N–H and O–H groups in total. The van der Waals surface area contributed by atoms with Crippen molar-refractivity contribution in [2.24, 2.45) is 0 Å². The lowest BCUT2D eigenvalue weighted by Crippen LogP contribution is -2.52. The summed E-state index contributed by atoms with van der Waals surface area (Å²) in [7, 11) is 0. The Hall–Kier alpha value is -1.99. The number of rotatable bonds is 5. The molecule has 2 heterocycles. The Kier molecular flexibility index (Phi) is 7.80. The van der Waals surface area contributed by atoms with Gasteiger partial charge in [0.2, 0.25) is 11.8 Å². The van der Waals surface area contributed by atoms with Crippen molar-refractivity contribution in [3.05, 3.63) is 30.1 Å². The van der Waals surface area contributed by atoms with E-state index in [-0.39, 0.29) is 24.2 Å². The van der Waals surface area contributed by atoms with E-state index < -0.39 is 0 Å². The Labute approximate surface area is 166 Å². The molecular formula is C21H31FN4O2. The van der Waals surface area contributed by atoms with E-state index in [4.69, 9.17) is 0 Å². The molecule has 0 aliphatic carbocycles. The minimum atomic E-state index is -0.370. The van der Waals surface area contributed by atoms with Gasteiger partial charge >= 0.3 is 0 Å². The molecule has 28 heavy (non-hydrogen) atoms. The highest BCUT2D eigenvalue weighted by Gasteiger charge is 2.24. The highest BCUT2D eigenvalue weighted by molar-refractivity contribution is 5.92. The lowest BCUT2D eigenvalue weighted by atomic mass is 10.1. The van der Waals surface area contributed by atoms with Crippen LogP contribution in [0.25, 0.3) is 0 Å². The summed E-state index contributed by atoms with van der Waals surface area (Å²) < 4.78 is 13.2. The summed E-state index contributed by atoms with van der Waals surface area (Å²) in [5.41, 5.74) is 0.465. The molecule has 0 unspecified atom stereocenters. The van der Waals surface area contributed by atoms with Crippen LogP contribution in [-0.4, -0.2) is 78.9 Å². The molecule has 3 rings (SSSR count). The van der Waals surface area contributed by atoms with Gasteiger partial charge in [-0.2, -0.15) is 0 Å². The normalized spacial score (nSPS) is 19.7. The second-order valence-electron chi connectivity index (χ2n) is 7.76. The topological polar surface area (TPSA) is 55.9 Å². The van der Waals surface area contributed by atoms with E-state index in [2.05, 4.69) is 10.2 Å². The minimum Gasteiger partial charge on any atom is -0.339 e. The average Bonchev–Trinajstić information content (AvgIpc) is 2.64. The number of nitrogens with one attached hydrogen (secondary N) is 1. The van der Waals surface area contributed by atoms with E-state index in [0.717, 1.165) is 13.1 Å². The maximum Gasteiger partial charge on any atom is 0.238 e.